The van der Waals surface area contributed by atoms with Crippen LogP contribution in [0.3, 0.4) is 0 Å². The molecule has 0 aliphatic carbocycles. The molecule has 122 valence electrons. The summed E-state index contributed by atoms with van der Waals surface area (Å²) in [5.74, 6) is -8.08. The first-order chi connectivity index (χ1) is 10.4. The van der Waals surface area contributed by atoms with Crippen LogP contribution in [0.1, 0.15) is 6.92 Å². The summed E-state index contributed by atoms with van der Waals surface area (Å²) in [5.41, 5.74) is -1.19. The zero-order valence-electron chi connectivity index (χ0n) is 11.9. The molecule has 1 aliphatic heterocycles. The van der Waals surface area contributed by atoms with E-state index in [2.05, 4.69) is 4.74 Å². The number of nitrogens with zero attached hydrogens (tertiary/aromatic N) is 1. The Kier molecular flexibility index (Phi) is 4.74. The van der Waals surface area contributed by atoms with Gasteiger partial charge in [0.05, 0.1) is 19.8 Å². The van der Waals surface area contributed by atoms with Crippen LogP contribution in [0.4, 0.5) is 28.0 Å². The minimum atomic E-state index is -1.73. The molecule has 1 aliphatic rings. The molecule has 5 nitrogen and oxygen atoms in total. The zero-order chi connectivity index (χ0) is 16.4. The number of nitrogens with one attached hydrogen (secondary N) is 1. The highest BCUT2D eigenvalue weighted by Gasteiger charge is 2.29. The number of methoxy groups -OCH3 is 1. The smallest absolute Gasteiger partial charge is 0.322 e. The summed E-state index contributed by atoms with van der Waals surface area (Å²) in [6, 6.07) is -0.878. The topological polar surface area (TPSA) is 50.8 Å². The average Bonchev–Trinajstić information content (AvgIpc) is 2.50. The highest BCUT2D eigenvalue weighted by Crippen LogP contribution is 2.33. The molecule has 1 heterocycles. The number of urea groups is 1. The summed E-state index contributed by atoms with van der Waals surface area (Å²) in [6.07, 6.45) is -0.251. The Bertz CT molecular complexity index is 568. The number of carbonyl (C=O) groups is 1. The Morgan fingerprint density at radius 1 is 1.23 bits per heavy atom. The number of halogens is 4. The lowest BCUT2D eigenvalue weighted by atomic mass is 10.2. The van der Waals surface area contributed by atoms with Crippen molar-refractivity contribution in [1.82, 2.24) is 4.90 Å². The summed E-state index contributed by atoms with van der Waals surface area (Å²) in [4.78, 5) is 13.2. The van der Waals surface area contributed by atoms with E-state index in [1.165, 1.54) is 4.90 Å². The van der Waals surface area contributed by atoms with Crippen molar-refractivity contribution in [2.75, 3.05) is 32.1 Å². The molecule has 9 heteroatoms. The number of benzene rings is 1. The van der Waals surface area contributed by atoms with Crippen LogP contribution in [0, 0.1) is 23.3 Å². The number of morpholine rings is 1. The molecule has 2 amide bonds. The van der Waals surface area contributed by atoms with Gasteiger partial charge in [0, 0.05) is 13.1 Å². The number of amides is 2. The van der Waals surface area contributed by atoms with Gasteiger partial charge in [0.25, 0.3) is 0 Å². The quantitative estimate of drug-likeness (QED) is 0.672. The highest BCUT2D eigenvalue weighted by atomic mass is 19.2. The Balaban J connectivity index is 2.28. The third kappa shape index (κ3) is 2.94. The molecule has 1 fully saturated rings. The van der Waals surface area contributed by atoms with E-state index in [4.69, 9.17) is 4.74 Å². The maximum Gasteiger partial charge on any atom is 0.322 e. The van der Waals surface area contributed by atoms with Gasteiger partial charge in [-0.3, -0.25) is 0 Å². The molecule has 0 saturated carbocycles. The third-order valence-corrected chi connectivity index (χ3v) is 3.19. The molecule has 1 N–H and O–H groups in total. The predicted molar refractivity (Wildman–Crippen MR) is 68.8 cm³/mol. The van der Waals surface area contributed by atoms with Gasteiger partial charge in [-0.25, -0.2) is 13.6 Å². The maximum atomic E-state index is 13.8. The minimum Gasteiger partial charge on any atom is -0.491 e. The second-order valence-corrected chi connectivity index (χ2v) is 4.72. The molecule has 22 heavy (non-hydrogen) atoms. The number of carbonyl (C=O) groups excluding carboxylic acids is 1. The zero-order valence-corrected chi connectivity index (χ0v) is 11.9. The van der Waals surface area contributed by atoms with Crippen molar-refractivity contribution in [1.29, 1.82) is 0 Å². The van der Waals surface area contributed by atoms with Crippen LogP contribution in [0.2, 0.25) is 0 Å². The van der Waals surface area contributed by atoms with Crippen molar-refractivity contribution in [2.45, 2.75) is 13.0 Å². The predicted octanol–water partition coefficient (Wildman–Crippen LogP) is 2.50. The fourth-order valence-electron chi connectivity index (χ4n) is 2.09. The Labute approximate surface area is 123 Å². The van der Waals surface area contributed by atoms with E-state index in [9.17, 15) is 22.4 Å². The summed E-state index contributed by atoms with van der Waals surface area (Å²) in [5, 5.41) is 1.85. The first-order valence-corrected chi connectivity index (χ1v) is 6.44. The van der Waals surface area contributed by atoms with Crippen molar-refractivity contribution in [2.24, 2.45) is 0 Å². The second kappa shape index (κ2) is 6.39. The van der Waals surface area contributed by atoms with Crippen LogP contribution in [0.25, 0.3) is 0 Å². The van der Waals surface area contributed by atoms with Crippen LogP contribution in [-0.2, 0) is 4.74 Å². The van der Waals surface area contributed by atoms with Crippen molar-refractivity contribution in [3.8, 4) is 5.75 Å². The summed E-state index contributed by atoms with van der Waals surface area (Å²) < 4.78 is 64.2. The number of hydrogen-bond donors (Lipinski definition) is 1. The van der Waals surface area contributed by atoms with Gasteiger partial charge in [0.15, 0.2) is 17.4 Å². The van der Waals surface area contributed by atoms with Crippen molar-refractivity contribution in [3.63, 3.8) is 0 Å². The number of rotatable bonds is 2. The van der Waals surface area contributed by atoms with Crippen LogP contribution in [0.15, 0.2) is 0 Å². The van der Waals surface area contributed by atoms with Gasteiger partial charge in [0.2, 0.25) is 11.6 Å². The molecule has 0 spiro atoms. The van der Waals surface area contributed by atoms with Gasteiger partial charge in [-0.05, 0) is 6.92 Å². The van der Waals surface area contributed by atoms with Crippen LogP contribution < -0.4 is 10.1 Å². The molecular weight excluding hydrogens is 308 g/mol. The van der Waals surface area contributed by atoms with E-state index < -0.39 is 40.7 Å². The fraction of sp³-hybridized carbons (Fsp3) is 0.462. The van der Waals surface area contributed by atoms with Gasteiger partial charge in [-0.1, -0.05) is 0 Å². The highest BCUT2D eigenvalue weighted by molar-refractivity contribution is 5.89. The SMILES string of the molecule is COc1c(F)c(F)c(NC(=O)N2CCO[C@@H](C)C2)c(F)c1F. The first-order valence-electron chi connectivity index (χ1n) is 6.44. The van der Waals surface area contributed by atoms with Gasteiger partial charge >= 0.3 is 6.03 Å². The maximum absolute atomic E-state index is 13.8. The molecule has 1 aromatic rings. The van der Waals surface area contributed by atoms with Crippen molar-refractivity contribution < 1.29 is 31.8 Å². The van der Waals surface area contributed by atoms with E-state index in [0.29, 0.717) is 0 Å². The van der Waals surface area contributed by atoms with E-state index in [1.807, 2.05) is 5.32 Å². The Morgan fingerprint density at radius 2 is 1.82 bits per heavy atom. The average molecular weight is 322 g/mol. The van der Waals surface area contributed by atoms with Gasteiger partial charge in [-0.2, -0.15) is 8.78 Å². The molecule has 0 aromatic heterocycles. The number of hydrogen-bond acceptors (Lipinski definition) is 3. The molecule has 2 rings (SSSR count). The molecule has 0 bridgehead atoms. The summed E-state index contributed by atoms with van der Waals surface area (Å²) >= 11 is 0. The summed E-state index contributed by atoms with van der Waals surface area (Å²) in [6.45, 7) is 2.36. The van der Waals surface area contributed by atoms with Crippen LogP contribution >= 0.6 is 0 Å². The van der Waals surface area contributed by atoms with E-state index in [1.54, 1.807) is 6.92 Å². The molecule has 1 aromatic carbocycles. The Morgan fingerprint density at radius 3 is 2.32 bits per heavy atom. The Hall–Kier alpha value is -2.03. The van der Waals surface area contributed by atoms with Gasteiger partial charge in [0.1, 0.15) is 5.69 Å². The molecule has 1 saturated heterocycles. The fourth-order valence-corrected chi connectivity index (χ4v) is 2.09. The lowest BCUT2D eigenvalue weighted by Gasteiger charge is -2.31. The first kappa shape index (κ1) is 16.3. The van der Waals surface area contributed by atoms with Crippen LogP contribution in [-0.4, -0.2) is 43.8 Å². The van der Waals surface area contributed by atoms with Gasteiger partial charge in [-0.15, -0.1) is 0 Å². The summed E-state index contributed by atoms with van der Waals surface area (Å²) in [7, 11) is 0.869. The van der Waals surface area contributed by atoms with E-state index >= 15 is 0 Å². The third-order valence-electron chi connectivity index (χ3n) is 3.19. The lowest BCUT2D eigenvalue weighted by molar-refractivity contribution is -0.00140. The molecule has 1 atom stereocenters. The number of anilines is 1. The molecule has 0 radical (unpaired) electrons. The normalized spacial score (nSPS) is 18.3. The molecular formula is C13H14F4N2O3. The largest absolute Gasteiger partial charge is 0.491 e. The lowest BCUT2D eigenvalue weighted by Crippen LogP contribution is -2.46. The minimum absolute atomic E-state index is 0.191. The van der Waals surface area contributed by atoms with Crippen molar-refractivity contribution >= 4 is 11.7 Å². The standard InChI is InChI=1S/C13H14F4N2O3/c1-6-5-19(3-4-22-6)13(20)18-11-7(14)9(16)12(21-2)10(17)8(11)15/h6H,3-5H2,1-2H3,(H,18,20)/t6-/m0/s1. The van der Waals surface area contributed by atoms with E-state index in [0.717, 1.165) is 7.11 Å². The van der Waals surface area contributed by atoms with Gasteiger partial charge < -0.3 is 19.7 Å². The van der Waals surface area contributed by atoms with Crippen LogP contribution in [0.5, 0.6) is 5.75 Å². The number of ether oxygens (including phenoxy) is 2. The monoisotopic (exact) mass is 322 g/mol. The second-order valence-electron chi connectivity index (χ2n) is 4.72. The van der Waals surface area contributed by atoms with E-state index in [-0.39, 0.29) is 25.8 Å². The van der Waals surface area contributed by atoms with Crippen molar-refractivity contribution in [3.05, 3.63) is 23.3 Å². The molecule has 0 unspecified atom stereocenters.